The number of aromatic hydroxyl groups is 1. The first-order valence-electron chi connectivity index (χ1n) is 4.69. The Labute approximate surface area is 95.1 Å². The highest BCUT2D eigenvalue weighted by Gasteiger charge is 2.19. The van der Waals surface area contributed by atoms with Gasteiger partial charge in [-0.25, -0.2) is 4.79 Å². The molecule has 2 aromatic heterocycles. The second-order valence-corrected chi connectivity index (χ2v) is 3.00. The van der Waals surface area contributed by atoms with Gasteiger partial charge in [0.05, 0.1) is 12.8 Å². The average molecular weight is 233 g/mol. The fourth-order valence-electron chi connectivity index (χ4n) is 1.24. The zero-order valence-corrected chi connectivity index (χ0v) is 8.78. The molecule has 0 saturated heterocycles. The lowest BCUT2D eigenvalue weighted by molar-refractivity contribution is 0.0509. The summed E-state index contributed by atoms with van der Waals surface area (Å²) in [6.07, 6.45) is 1.12. The summed E-state index contributed by atoms with van der Waals surface area (Å²) >= 11 is 0. The maximum Gasteiger partial charge on any atom is 0.378 e. The molecular weight excluding hydrogens is 226 g/mol. The maximum absolute atomic E-state index is 11.5. The van der Waals surface area contributed by atoms with Crippen LogP contribution in [-0.2, 0) is 4.74 Å². The van der Waals surface area contributed by atoms with E-state index in [9.17, 15) is 9.90 Å². The summed E-state index contributed by atoms with van der Waals surface area (Å²) in [6.45, 7) is 1.84. The van der Waals surface area contributed by atoms with E-state index in [2.05, 4.69) is 15.3 Å². The largest absolute Gasteiger partial charge is 0.503 e. The number of ether oxygens (including phenoxy) is 1. The summed E-state index contributed by atoms with van der Waals surface area (Å²) in [7, 11) is 0. The molecule has 0 aliphatic heterocycles. The van der Waals surface area contributed by atoms with Gasteiger partial charge in [0.1, 0.15) is 11.6 Å². The van der Waals surface area contributed by atoms with Gasteiger partial charge in [-0.1, -0.05) is 0 Å². The molecule has 0 radical (unpaired) electrons. The molecule has 0 amide bonds. The molecule has 2 aromatic rings. The van der Waals surface area contributed by atoms with E-state index >= 15 is 0 Å². The van der Waals surface area contributed by atoms with E-state index in [4.69, 9.17) is 10.00 Å². The van der Waals surface area contributed by atoms with Crippen LogP contribution in [0.3, 0.4) is 0 Å². The number of nitriles is 1. The molecule has 1 N–H and O–H groups in total. The lowest BCUT2D eigenvalue weighted by atomic mass is 10.3. The Morgan fingerprint density at radius 1 is 1.65 bits per heavy atom. The SMILES string of the molecule is CCOC(=O)c1nnc2c(O)c(C#N)cnn12. The Morgan fingerprint density at radius 3 is 3.06 bits per heavy atom. The number of esters is 1. The van der Waals surface area contributed by atoms with Crippen LogP contribution in [0.5, 0.6) is 5.75 Å². The van der Waals surface area contributed by atoms with Crippen LogP contribution >= 0.6 is 0 Å². The summed E-state index contributed by atoms with van der Waals surface area (Å²) in [4.78, 5) is 11.5. The predicted octanol–water partition coefficient (Wildman–Crippen LogP) is -0.122. The highest BCUT2D eigenvalue weighted by atomic mass is 16.5. The van der Waals surface area contributed by atoms with Crippen molar-refractivity contribution >= 4 is 11.6 Å². The summed E-state index contributed by atoms with van der Waals surface area (Å²) in [5, 5.41) is 29.2. The number of rotatable bonds is 2. The normalized spacial score (nSPS) is 10.1. The van der Waals surface area contributed by atoms with Crippen LogP contribution in [0.1, 0.15) is 23.1 Å². The molecule has 8 nitrogen and oxygen atoms in total. The molecule has 0 saturated carbocycles. The molecule has 2 rings (SSSR count). The smallest absolute Gasteiger partial charge is 0.378 e. The lowest BCUT2D eigenvalue weighted by Crippen LogP contribution is -2.11. The summed E-state index contributed by atoms with van der Waals surface area (Å²) < 4.78 is 5.76. The minimum Gasteiger partial charge on any atom is -0.503 e. The van der Waals surface area contributed by atoms with Crippen LogP contribution in [0, 0.1) is 11.3 Å². The van der Waals surface area contributed by atoms with Gasteiger partial charge in [-0.2, -0.15) is 14.9 Å². The van der Waals surface area contributed by atoms with Crippen LogP contribution in [-0.4, -0.2) is 37.5 Å². The van der Waals surface area contributed by atoms with Gasteiger partial charge in [0, 0.05) is 0 Å². The van der Waals surface area contributed by atoms with Crippen molar-refractivity contribution in [3.05, 3.63) is 17.6 Å². The van der Waals surface area contributed by atoms with Crippen LogP contribution in [0.25, 0.3) is 5.65 Å². The van der Waals surface area contributed by atoms with Crippen molar-refractivity contribution in [3.8, 4) is 11.8 Å². The Kier molecular flexibility index (Phi) is 2.58. The minimum atomic E-state index is -0.698. The predicted molar refractivity (Wildman–Crippen MR) is 53.1 cm³/mol. The fourth-order valence-corrected chi connectivity index (χ4v) is 1.24. The van der Waals surface area contributed by atoms with Gasteiger partial charge in [0.25, 0.3) is 5.82 Å². The first kappa shape index (κ1) is 10.8. The van der Waals surface area contributed by atoms with E-state index in [1.165, 1.54) is 0 Å². The number of nitrogens with zero attached hydrogens (tertiary/aromatic N) is 5. The molecule has 2 heterocycles. The van der Waals surface area contributed by atoms with Crippen LogP contribution in [0.15, 0.2) is 6.20 Å². The van der Waals surface area contributed by atoms with Gasteiger partial charge >= 0.3 is 5.97 Å². The van der Waals surface area contributed by atoms with Crippen LogP contribution in [0.2, 0.25) is 0 Å². The van der Waals surface area contributed by atoms with Crippen molar-refractivity contribution in [2.24, 2.45) is 0 Å². The van der Waals surface area contributed by atoms with Gasteiger partial charge < -0.3 is 9.84 Å². The van der Waals surface area contributed by atoms with Crippen LogP contribution in [0.4, 0.5) is 0 Å². The van der Waals surface area contributed by atoms with Gasteiger partial charge in [0.2, 0.25) is 5.65 Å². The van der Waals surface area contributed by atoms with E-state index in [0.29, 0.717) is 0 Å². The number of carbonyl (C=O) groups is 1. The minimum absolute atomic E-state index is 0.0414. The monoisotopic (exact) mass is 233 g/mol. The van der Waals surface area contributed by atoms with Gasteiger partial charge in [-0.05, 0) is 6.92 Å². The van der Waals surface area contributed by atoms with Gasteiger partial charge in [-0.3, -0.25) is 0 Å². The molecule has 0 fully saturated rings. The second-order valence-electron chi connectivity index (χ2n) is 3.00. The summed E-state index contributed by atoms with van der Waals surface area (Å²) in [5.41, 5.74) is -0.104. The van der Waals surface area contributed by atoms with Crippen molar-refractivity contribution in [2.75, 3.05) is 6.61 Å². The van der Waals surface area contributed by atoms with Crippen LogP contribution < -0.4 is 0 Å². The quantitative estimate of drug-likeness (QED) is 0.719. The van der Waals surface area contributed by atoms with Crippen molar-refractivity contribution in [3.63, 3.8) is 0 Å². The zero-order chi connectivity index (χ0) is 12.4. The average Bonchev–Trinajstić information content (AvgIpc) is 2.74. The number of aromatic nitrogens is 4. The van der Waals surface area contributed by atoms with E-state index in [0.717, 1.165) is 10.7 Å². The number of hydrogen-bond acceptors (Lipinski definition) is 7. The van der Waals surface area contributed by atoms with E-state index < -0.39 is 5.97 Å². The topological polar surface area (TPSA) is 113 Å². The summed E-state index contributed by atoms with van der Waals surface area (Å²) in [5.74, 6) is -1.22. The van der Waals surface area contributed by atoms with E-state index in [1.54, 1.807) is 13.0 Å². The highest BCUT2D eigenvalue weighted by molar-refractivity contribution is 5.86. The first-order valence-corrected chi connectivity index (χ1v) is 4.69. The Bertz CT molecular complexity index is 627. The first-order chi connectivity index (χ1) is 8.19. The molecular formula is C9H7N5O3. The molecule has 0 unspecified atom stereocenters. The Balaban J connectivity index is 2.60. The van der Waals surface area contributed by atoms with E-state index in [1.807, 2.05) is 0 Å². The van der Waals surface area contributed by atoms with Crippen molar-refractivity contribution in [2.45, 2.75) is 6.92 Å². The molecule has 8 heteroatoms. The maximum atomic E-state index is 11.5. The fraction of sp³-hybridized carbons (Fsp3) is 0.222. The summed E-state index contributed by atoms with van der Waals surface area (Å²) in [6, 6.07) is 1.74. The third kappa shape index (κ3) is 1.63. The van der Waals surface area contributed by atoms with Crippen molar-refractivity contribution in [1.29, 1.82) is 5.26 Å². The third-order valence-corrected chi connectivity index (χ3v) is 1.99. The molecule has 0 spiro atoms. The number of fused-ring (bicyclic) bond motifs is 1. The molecule has 17 heavy (non-hydrogen) atoms. The lowest BCUT2D eigenvalue weighted by Gasteiger charge is -2.00. The standard InChI is InChI=1S/C9H7N5O3/c1-2-17-9(16)8-13-12-7-6(15)5(3-10)4-11-14(7)8/h4,15H,2H2,1H3. The van der Waals surface area contributed by atoms with E-state index in [-0.39, 0.29) is 29.4 Å². The number of carbonyl (C=O) groups excluding carboxylic acids is 1. The molecule has 86 valence electrons. The third-order valence-electron chi connectivity index (χ3n) is 1.99. The molecule has 0 aliphatic carbocycles. The van der Waals surface area contributed by atoms with Gasteiger partial charge in [-0.15, -0.1) is 10.2 Å². The van der Waals surface area contributed by atoms with Crippen molar-refractivity contribution < 1.29 is 14.6 Å². The molecule has 0 bridgehead atoms. The zero-order valence-electron chi connectivity index (χ0n) is 8.78. The molecule has 0 atom stereocenters. The second kappa shape index (κ2) is 4.05. The molecule has 0 aromatic carbocycles. The number of hydrogen-bond donors (Lipinski definition) is 1. The highest BCUT2D eigenvalue weighted by Crippen LogP contribution is 2.20. The molecule has 0 aliphatic rings. The van der Waals surface area contributed by atoms with Crippen molar-refractivity contribution in [1.82, 2.24) is 19.8 Å². The van der Waals surface area contributed by atoms with Gasteiger partial charge in [0.15, 0.2) is 5.75 Å². The Morgan fingerprint density at radius 2 is 2.41 bits per heavy atom. The Hall–Kier alpha value is -2.69.